The minimum absolute atomic E-state index is 0.893. The summed E-state index contributed by atoms with van der Waals surface area (Å²) >= 11 is 2.35. The molecule has 0 unspecified atom stereocenters. The molecule has 9 heteroatoms. The third kappa shape index (κ3) is 11.1. The lowest BCUT2D eigenvalue weighted by molar-refractivity contribution is 0.00819. The molecule has 2 rings (SSSR count). The molecule has 4 nitrogen and oxygen atoms in total. The van der Waals surface area contributed by atoms with E-state index in [1.165, 1.54) is 14.7 Å². The highest BCUT2D eigenvalue weighted by molar-refractivity contribution is 14.1. The Morgan fingerprint density at radius 3 is 1.87 bits per heavy atom. The zero-order valence-corrected chi connectivity index (χ0v) is 15.1. The third-order valence-electron chi connectivity index (χ3n) is 2.27. The highest BCUT2D eigenvalue weighted by Gasteiger charge is 2.01. The summed E-state index contributed by atoms with van der Waals surface area (Å²) in [5, 5.41) is 0. The summed E-state index contributed by atoms with van der Waals surface area (Å²) in [6, 6.07) is 16.5. The first-order valence-corrected chi connectivity index (χ1v) is 8.39. The Morgan fingerprint density at radius 1 is 1.04 bits per heavy atom. The van der Waals surface area contributed by atoms with Crippen molar-refractivity contribution in [3.8, 4) is 16.9 Å². The maximum atomic E-state index is 9.67. The van der Waals surface area contributed by atoms with Gasteiger partial charge in [0.05, 0.1) is 7.11 Å². The second-order valence-corrected chi connectivity index (χ2v) is 5.47. The first kappa shape index (κ1) is 21.9. The lowest BCUT2D eigenvalue weighted by atomic mass is 10.1. The average molecular weight is 462 g/mol. The molecule has 23 heavy (non-hydrogen) atoms. The first-order valence-electron chi connectivity index (χ1n) is 6.01. The number of rotatable bonds is 2. The maximum absolute atomic E-state index is 9.67. The molecule has 0 heterocycles. The summed E-state index contributed by atoms with van der Waals surface area (Å²) in [7, 11) is -1.45. The van der Waals surface area contributed by atoms with E-state index in [0.29, 0.717) is 0 Å². The second kappa shape index (κ2) is 12.3. The monoisotopic (exact) mass is 462 g/mol. The third-order valence-corrected chi connectivity index (χ3v) is 3.22. The van der Waals surface area contributed by atoms with Gasteiger partial charge < -0.3 is 14.5 Å². The van der Waals surface area contributed by atoms with Crippen molar-refractivity contribution < 1.29 is 32.3 Å². The number of alkyl halides is 3. The molecule has 0 spiro atoms. The van der Waals surface area contributed by atoms with Gasteiger partial charge in [0, 0.05) is 3.57 Å². The van der Waals surface area contributed by atoms with Crippen molar-refractivity contribution in [2.45, 2.75) is 6.68 Å². The Kier molecular flexibility index (Phi) is 11.8. The second-order valence-electron chi connectivity index (χ2n) is 3.74. The van der Waals surface area contributed by atoms with Gasteiger partial charge in [-0.05, 0) is 51.9 Å². The standard InChI is InChI=1S/C13H11IO.CHF3.H3O3P/c1-15-11-8-6-10(7-9-11)12-4-2-3-5-13(12)14;2-1(3)4;1-4(2)3/h2-9H,1H3;1H;4H,(H2,1,2,3). The molecule has 0 atom stereocenters. The van der Waals surface area contributed by atoms with E-state index >= 15 is 0 Å². The normalized spacial score (nSPS) is 9.61. The quantitative estimate of drug-likeness (QED) is 0.510. The highest BCUT2D eigenvalue weighted by Crippen LogP contribution is 2.26. The van der Waals surface area contributed by atoms with Crippen molar-refractivity contribution in [1.29, 1.82) is 0 Å². The molecule has 0 aromatic heterocycles. The first-order chi connectivity index (χ1) is 10.8. The minimum Gasteiger partial charge on any atom is -0.497 e. The van der Waals surface area contributed by atoms with Crippen molar-refractivity contribution in [2.24, 2.45) is 0 Å². The zero-order valence-electron chi connectivity index (χ0n) is 11.9. The van der Waals surface area contributed by atoms with Crippen LogP contribution >= 0.6 is 30.8 Å². The van der Waals surface area contributed by atoms with E-state index in [9.17, 15) is 13.2 Å². The van der Waals surface area contributed by atoms with Crippen LogP contribution in [0, 0.1) is 3.57 Å². The summed E-state index contributed by atoms with van der Waals surface area (Å²) in [5.41, 5.74) is 2.49. The fourth-order valence-corrected chi connectivity index (χ4v) is 2.16. The summed E-state index contributed by atoms with van der Waals surface area (Å²) in [5.74, 6) is 0.893. The molecular weight excluding hydrogens is 447 g/mol. The van der Waals surface area contributed by atoms with E-state index in [0.717, 1.165) is 5.75 Å². The SMILES string of the molecule is COc1ccc(-c2ccccc2I)cc1.FC(F)F.O=[PH](O)O. The van der Waals surface area contributed by atoms with Crippen LogP contribution in [0.5, 0.6) is 5.75 Å². The average Bonchev–Trinajstić information content (AvgIpc) is 2.47. The molecule has 0 fully saturated rings. The molecule has 0 saturated heterocycles. The number of ether oxygens (including phenoxy) is 1. The molecule has 0 aliphatic heterocycles. The number of methoxy groups -OCH3 is 1. The van der Waals surface area contributed by atoms with E-state index in [2.05, 4.69) is 59.0 Å². The van der Waals surface area contributed by atoms with Gasteiger partial charge in [-0.15, -0.1) is 0 Å². The Hall–Kier alpha value is -1.09. The largest absolute Gasteiger partial charge is 0.497 e. The van der Waals surface area contributed by atoms with Crippen LogP contribution in [-0.2, 0) is 4.57 Å². The van der Waals surface area contributed by atoms with Crippen LogP contribution in [0.1, 0.15) is 0 Å². The smallest absolute Gasteiger partial charge is 0.379 e. The Morgan fingerprint density at radius 2 is 1.48 bits per heavy atom. The number of hydrogen-bond acceptors (Lipinski definition) is 2. The van der Waals surface area contributed by atoms with Crippen LogP contribution < -0.4 is 4.74 Å². The van der Waals surface area contributed by atoms with Crippen LogP contribution in [0.4, 0.5) is 13.2 Å². The highest BCUT2D eigenvalue weighted by atomic mass is 127. The fourth-order valence-electron chi connectivity index (χ4n) is 1.47. The Balaban J connectivity index is 0.000000509. The van der Waals surface area contributed by atoms with E-state index in [1.807, 2.05) is 12.1 Å². The van der Waals surface area contributed by atoms with Crippen LogP contribution in [0.3, 0.4) is 0 Å². The van der Waals surface area contributed by atoms with Crippen LogP contribution in [0.15, 0.2) is 48.5 Å². The predicted octanol–water partition coefficient (Wildman–Crippen LogP) is 4.51. The summed E-state index contributed by atoms with van der Waals surface area (Å²) in [6.07, 6.45) is 0. The van der Waals surface area contributed by atoms with Gasteiger partial charge in [-0.25, -0.2) is 0 Å². The molecule has 0 saturated carbocycles. The summed E-state index contributed by atoms with van der Waals surface area (Å²) < 4.78 is 44.1. The summed E-state index contributed by atoms with van der Waals surface area (Å²) in [6.45, 7) is -3.67. The van der Waals surface area contributed by atoms with Crippen molar-refractivity contribution in [3.63, 3.8) is 0 Å². The molecule has 0 aliphatic rings. The van der Waals surface area contributed by atoms with Crippen LogP contribution in [0.2, 0.25) is 0 Å². The molecule has 2 aromatic rings. The van der Waals surface area contributed by atoms with Crippen LogP contribution in [-0.4, -0.2) is 23.6 Å². The van der Waals surface area contributed by atoms with Crippen molar-refractivity contribution in [2.75, 3.05) is 7.11 Å². The molecular formula is C14H15F3IO4P. The molecule has 0 amide bonds. The van der Waals surface area contributed by atoms with E-state index < -0.39 is 14.9 Å². The van der Waals surface area contributed by atoms with E-state index in [4.69, 9.17) is 19.1 Å². The van der Waals surface area contributed by atoms with Gasteiger partial charge in [0.25, 0.3) is 0 Å². The Bertz CT molecular complexity index is 590. The van der Waals surface area contributed by atoms with Gasteiger partial charge in [0.15, 0.2) is 0 Å². The zero-order chi connectivity index (χ0) is 17.8. The van der Waals surface area contributed by atoms with Crippen molar-refractivity contribution in [3.05, 3.63) is 52.1 Å². The molecule has 128 valence electrons. The van der Waals surface area contributed by atoms with Gasteiger partial charge in [-0.3, -0.25) is 4.57 Å². The van der Waals surface area contributed by atoms with Gasteiger partial charge in [0.1, 0.15) is 5.75 Å². The minimum atomic E-state index is -3.67. The van der Waals surface area contributed by atoms with Crippen LogP contribution in [0.25, 0.3) is 11.1 Å². The molecule has 0 bridgehead atoms. The van der Waals surface area contributed by atoms with Gasteiger partial charge in [-0.2, -0.15) is 13.2 Å². The molecule has 2 aromatic carbocycles. The van der Waals surface area contributed by atoms with Crippen molar-refractivity contribution in [1.82, 2.24) is 0 Å². The molecule has 0 radical (unpaired) electrons. The maximum Gasteiger partial charge on any atom is 0.379 e. The fraction of sp³-hybridized carbons (Fsp3) is 0.143. The van der Waals surface area contributed by atoms with E-state index in [1.54, 1.807) is 7.11 Å². The van der Waals surface area contributed by atoms with Gasteiger partial charge in [0.2, 0.25) is 0 Å². The van der Waals surface area contributed by atoms with Crippen molar-refractivity contribution >= 4 is 30.8 Å². The van der Waals surface area contributed by atoms with Gasteiger partial charge in [-0.1, -0.05) is 30.3 Å². The predicted molar refractivity (Wildman–Crippen MR) is 91.7 cm³/mol. The summed E-state index contributed by atoms with van der Waals surface area (Å²) in [4.78, 5) is 14.3. The lowest BCUT2D eigenvalue weighted by Crippen LogP contribution is -1.84. The lowest BCUT2D eigenvalue weighted by Gasteiger charge is -2.05. The number of benzene rings is 2. The molecule has 2 N–H and O–H groups in total. The number of hydrogen-bond donors (Lipinski definition) is 2. The Labute approximate surface area is 146 Å². The molecule has 0 aliphatic carbocycles. The topological polar surface area (TPSA) is 66.8 Å². The van der Waals surface area contributed by atoms with E-state index in [-0.39, 0.29) is 0 Å². The van der Waals surface area contributed by atoms with Gasteiger partial charge >= 0.3 is 14.9 Å². The number of halogens is 4.